The maximum Gasteiger partial charge on any atom is 0.287 e. The summed E-state index contributed by atoms with van der Waals surface area (Å²) in [7, 11) is 0. The van der Waals surface area contributed by atoms with Crippen LogP contribution in [0.3, 0.4) is 0 Å². The van der Waals surface area contributed by atoms with E-state index in [1.807, 2.05) is 26.0 Å². The van der Waals surface area contributed by atoms with Crippen LogP contribution in [0.15, 0.2) is 47.1 Å². The van der Waals surface area contributed by atoms with Crippen LogP contribution in [0.5, 0.6) is 5.75 Å². The highest BCUT2D eigenvalue weighted by atomic mass is 16.5. The van der Waals surface area contributed by atoms with E-state index in [9.17, 15) is 4.79 Å². The molecule has 158 valence electrons. The SMILES string of the molecule is CCOc1ccc(CN2CCc3nnc(C(C)NC(=O)c4ccco4)n3CC2)cc1. The molecule has 4 rings (SSSR count). The first kappa shape index (κ1) is 20.2. The zero-order valence-electron chi connectivity index (χ0n) is 17.4. The summed E-state index contributed by atoms with van der Waals surface area (Å²) in [4.78, 5) is 14.7. The average molecular weight is 409 g/mol. The molecule has 0 fully saturated rings. The molecule has 1 unspecified atom stereocenters. The number of amides is 1. The van der Waals surface area contributed by atoms with Crippen molar-refractivity contribution in [2.24, 2.45) is 0 Å². The van der Waals surface area contributed by atoms with E-state index in [0.29, 0.717) is 12.4 Å². The third kappa shape index (κ3) is 4.54. The molecule has 1 aromatic carbocycles. The van der Waals surface area contributed by atoms with Gasteiger partial charge in [-0.1, -0.05) is 12.1 Å². The largest absolute Gasteiger partial charge is 0.494 e. The van der Waals surface area contributed by atoms with Crippen molar-refractivity contribution in [3.8, 4) is 5.75 Å². The van der Waals surface area contributed by atoms with Gasteiger partial charge in [0.1, 0.15) is 11.6 Å². The first-order valence-electron chi connectivity index (χ1n) is 10.3. The number of carbonyl (C=O) groups excluding carboxylic acids is 1. The maximum atomic E-state index is 12.3. The van der Waals surface area contributed by atoms with E-state index in [4.69, 9.17) is 9.15 Å². The maximum absolute atomic E-state index is 12.3. The molecule has 2 aromatic heterocycles. The van der Waals surface area contributed by atoms with Gasteiger partial charge < -0.3 is 19.0 Å². The number of hydrogen-bond acceptors (Lipinski definition) is 6. The summed E-state index contributed by atoms with van der Waals surface area (Å²) >= 11 is 0. The van der Waals surface area contributed by atoms with Crippen molar-refractivity contribution in [3.63, 3.8) is 0 Å². The highest BCUT2D eigenvalue weighted by Crippen LogP contribution is 2.18. The van der Waals surface area contributed by atoms with E-state index in [2.05, 4.69) is 37.1 Å². The number of rotatable bonds is 7. The molecule has 1 atom stereocenters. The lowest BCUT2D eigenvalue weighted by Crippen LogP contribution is -2.30. The minimum atomic E-state index is -0.262. The number of nitrogens with one attached hydrogen (secondary N) is 1. The Morgan fingerprint density at radius 1 is 1.20 bits per heavy atom. The number of ether oxygens (including phenoxy) is 1. The zero-order valence-corrected chi connectivity index (χ0v) is 17.4. The summed E-state index contributed by atoms with van der Waals surface area (Å²) in [5.74, 6) is 2.67. The summed E-state index contributed by atoms with van der Waals surface area (Å²) in [6, 6.07) is 11.4. The Morgan fingerprint density at radius 3 is 2.77 bits per heavy atom. The number of carbonyl (C=O) groups is 1. The Labute approximate surface area is 175 Å². The second-order valence-electron chi connectivity index (χ2n) is 7.40. The monoisotopic (exact) mass is 409 g/mol. The van der Waals surface area contributed by atoms with Gasteiger partial charge in [-0.15, -0.1) is 10.2 Å². The van der Waals surface area contributed by atoms with Crippen LogP contribution in [0.2, 0.25) is 0 Å². The first-order valence-corrected chi connectivity index (χ1v) is 10.3. The van der Waals surface area contributed by atoms with E-state index < -0.39 is 0 Å². The summed E-state index contributed by atoms with van der Waals surface area (Å²) in [5.41, 5.74) is 1.26. The van der Waals surface area contributed by atoms with E-state index in [-0.39, 0.29) is 11.9 Å². The van der Waals surface area contributed by atoms with Gasteiger partial charge in [-0.2, -0.15) is 0 Å². The molecule has 1 aliphatic rings. The second kappa shape index (κ2) is 9.13. The van der Waals surface area contributed by atoms with Gasteiger partial charge in [0.15, 0.2) is 11.6 Å². The van der Waals surface area contributed by atoms with Crippen molar-refractivity contribution in [2.75, 3.05) is 19.7 Å². The van der Waals surface area contributed by atoms with Crippen molar-refractivity contribution < 1.29 is 13.9 Å². The topological polar surface area (TPSA) is 85.4 Å². The molecule has 1 amide bonds. The fourth-order valence-corrected chi connectivity index (χ4v) is 3.72. The lowest BCUT2D eigenvalue weighted by molar-refractivity contribution is 0.0909. The molecule has 3 aromatic rings. The van der Waals surface area contributed by atoms with Crippen LogP contribution in [0.1, 0.15) is 47.7 Å². The van der Waals surface area contributed by atoms with Gasteiger partial charge in [0, 0.05) is 32.6 Å². The van der Waals surface area contributed by atoms with Gasteiger partial charge in [0.2, 0.25) is 0 Å². The van der Waals surface area contributed by atoms with E-state index in [0.717, 1.165) is 50.0 Å². The van der Waals surface area contributed by atoms with Gasteiger partial charge in [-0.3, -0.25) is 9.69 Å². The summed E-state index contributed by atoms with van der Waals surface area (Å²) in [5, 5.41) is 11.7. The van der Waals surface area contributed by atoms with Crippen LogP contribution in [0.25, 0.3) is 0 Å². The molecule has 8 heteroatoms. The predicted molar refractivity (Wildman–Crippen MR) is 111 cm³/mol. The number of fused-ring (bicyclic) bond motifs is 1. The van der Waals surface area contributed by atoms with Crippen molar-refractivity contribution >= 4 is 5.91 Å². The molecule has 1 aliphatic heterocycles. The molecule has 8 nitrogen and oxygen atoms in total. The smallest absolute Gasteiger partial charge is 0.287 e. The van der Waals surface area contributed by atoms with Gasteiger partial charge in [-0.25, -0.2) is 0 Å². The minimum absolute atomic E-state index is 0.254. The Kier molecular flexibility index (Phi) is 6.13. The summed E-state index contributed by atoms with van der Waals surface area (Å²) < 4.78 is 12.8. The number of nitrogens with zero attached hydrogens (tertiary/aromatic N) is 4. The number of benzene rings is 1. The fourth-order valence-electron chi connectivity index (χ4n) is 3.72. The van der Waals surface area contributed by atoms with E-state index in [1.54, 1.807) is 12.1 Å². The molecule has 0 saturated heterocycles. The molecule has 0 aliphatic carbocycles. The first-order chi connectivity index (χ1) is 14.6. The Bertz CT molecular complexity index is 965. The van der Waals surface area contributed by atoms with E-state index >= 15 is 0 Å². The quantitative estimate of drug-likeness (QED) is 0.646. The zero-order chi connectivity index (χ0) is 20.9. The molecular weight excluding hydrogens is 382 g/mol. The van der Waals surface area contributed by atoms with Crippen LogP contribution in [0, 0.1) is 0 Å². The van der Waals surface area contributed by atoms with Gasteiger partial charge >= 0.3 is 0 Å². The third-order valence-corrected chi connectivity index (χ3v) is 5.27. The molecular formula is C22H27N5O3. The Balaban J connectivity index is 1.38. The molecule has 0 saturated carbocycles. The molecule has 1 N–H and O–H groups in total. The number of hydrogen-bond donors (Lipinski definition) is 1. The second-order valence-corrected chi connectivity index (χ2v) is 7.40. The number of furan rings is 1. The van der Waals surface area contributed by atoms with Crippen molar-refractivity contribution in [1.29, 1.82) is 0 Å². The van der Waals surface area contributed by atoms with E-state index in [1.165, 1.54) is 11.8 Å². The predicted octanol–water partition coefficient (Wildman–Crippen LogP) is 2.82. The van der Waals surface area contributed by atoms with Gasteiger partial charge in [-0.05, 0) is 43.7 Å². The fraction of sp³-hybridized carbons (Fsp3) is 0.409. The van der Waals surface area contributed by atoms with Crippen molar-refractivity contribution in [1.82, 2.24) is 25.0 Å². The van der Waals surface area contributed by atoms with Crippen LogP contribution >= 0.6 is 0 Å². The molecule has 0 radical (unpaired) electrons. The lowest BCUT2D eigenvalue weighted by Gasteiger charge is -2.20. The normalized spacial score (nSPS) is 15.3. The Morgan fingerprint density at radius 2 is 2.03 bits per heavy atom. The van der Waals surface area contributed by atoms with Crippen LogP contribution < -0.4 is 10.1 Å². The Hall–Kier alpha value is -3.13. The number of aromatic nitrogens is 3. The minimum Gasteiger partial charge on any atom is -0.494 e. The van der Waals surface area contributed by atoms with Gasteiger partial charge in [0.05, 0.1) is 18.9 Å². The van der Waals surface area contributed by atoms with Crippen molar-refractivity contribution in [2.45, 2.75) is 39.4 Å². The lowest BCUT2D eigenvalue weighted by atomic mass is 10.2. The molecule has 3 heterocycles. The molecule has 0 spiro atoms. The summed E-state index contributed by atoms with van der Waals surface area (Å²) in [6.07, 6.45) is 2.31. The van der Waals surface area contributed by atoms with Crippen LogP contribution in [-0.2, 0) is 19.5 Å². The molecule has 30 heavy (non-hydrogen) atoms. The van der Waals surface area contributed by atoms with Crippen LogP contribution in [0.4, 0.5) is 0 Å². The van der Waals surface area contributed by atoms with Gasteiger partial charge in [0.25, 0.3) is 5.91 Å². The highest BCUT2D eigenvalue weighted by Gasteiger charge is 2.23. The van der Waals surface area contributed by atoms with Crippen LogP contribution in [-0.4, -0.2) is 45.3 Å². The molecule has 0 bridgehead atoms. The summed E-state index contributed by atoms with van der Waals surface area (Å²) in [6.45, 7) is 8.05. The average Bonchev–Trinajstić information content (AvgIpc) is 3.38. The standard InChI is InChI=1S/C22H27N5O3/c1-3-29-18-8-6-17(7-9-18)15-26-11-10-20-24-25-21(27(20)13-12-26)16(2)23-22(28)19-5-4-14-30-19/h4-9,14,16H,3,10-13,15H2,1-2H3,(H,23,28). The van der Waals surface area contributed by atoms with Crippen molar-refractivity contribution in [3.05, 3.63) is 65.6 Å². The highest BCUT2D eigenvalue weighted by molar-refractivity contribution is 5.91. The third-order valence-electron chi connectivity index (χ3n) is 5.27.